The number of nitriles is 1. The van der Waals surface area contributed by atoms with E-state index in [1.54, 1.807) is 13.0 Å². The van der Waals surface area contributed by atoms with E-state index in [2.05, 4.69) is 0 Å². The third-order valence-electron chi connectivity index (χ3n) is 2.68. The number of ether oxygens (including phenoxy) is 2. The number of rotatable bonds is 2. The maximum atomic E-state index is 11.9. The Morgan fingerprint density at radius 1 is 1.53 bits per heavy atom. The molecule has 0 saturated heterocycles. The summed E-state index contributed by atoms with van der Waals surface area (Å²) in [5.74, 6) is 0.245. The van der Waals surface area contributed by atoms with Crippen molar-refractivity contribution in [3.8, 4) is 11.8 Å². The van der Waals surface area contributed by atoms with Crippen molar-refractivity contribution in [1.82, 2.24) is 0 Å². The van der Waals surface area contributed by atoms with Crippen LogP contribution in [-0.2, 0) is 9.53 Å². The van der Waals surface area contributed by atoms with Crippen LogP contribution < -0.4 is 4.74 Å². The summed E-state index contributed by atoms with van der Waals surface area (Å²) in [7, 11) is 0. The minimum absolute atomic E-state index is 0.176. The highest BCUT2D eigenvalue weighted by Crippen LogP contribution is 2.28. The van der Waals surface area contributed by atoms with Gasteiger partial charge in [-0.2, -0.15) is 5.26 Å². The molecule has 1 aromatic carbocycles. The molecule has 0 saturated carbocycles. The average molecular weight is 255 g/mol. The van der Waals surface area contributed by atoms with E-state index < -0.39 is 5.97 Å². The quantitative estimate of drug-likeness (QED) is 0.601. The van der Waals surface area contributed by atoms with Crippen LogP contribution in [0.5, 0.6) is 5.75 Å². The highest BCUT2D eigenvalue weighted by molar-refractivity contribution is 5.99. The van der Waals surface area contributed by atoms with Gasteiger partial charge in [-0.05, 0) is 19.1 Å². The van der Waals surface area contributed by atoms with Crippen molar-refractivity contribution in [2.45, 2.75) is 6.92 Å². The first-order valence-electron chi connectivity index (χ1n) is 5.96. The Balaban J connectivity index is 2.48. The van der Waals surface area contributed by atoms with Crippen LogP contribution in [0.4, 0.5) is 0 Å². The lowest BCUT2D eigenvalue weighted by Crippen LogP contribution is -2.12. The Labute approximate surface area is 111 Å². The number of esters is 1. The topological polar surface area (TPSA) is 59.3 Å². The number of fused-ring (bicyclic) bond motifs is 1. The normalized spacial score (nSPS) is 15.6. The van der Waals surface area contributed by atoms with Gasteiger partial charge in [0.2, 0.25) is 0 Å². The predicted octanol–water partition coefficient (Wildman–Crippen LogP) is 2.48. The largest absolute Gasteiger partial charge is 0.488 e. The Hall–Kier alpha value is -2.54. The van der Waals surface area contributed by atoms with E-state index >= 15 is 0 Å². The van der Waals surface area contributed by atoms with Crippen molar-refractivity contribution in [2.24, 2.45) is 0 Å². The van der Waals surface area contributed by atoms with Crippen LogP contribution in [0.25, 0.3) is 6.08 Å². The second-order valence-electron chi connectivity index (χ2n) is 3.90. The number of para-hydroxylation sites is 1. The first-order valence-corrected chi connectivity index (χ1v) is 5.96. The van der Waals surface area contributed by atoms with E-state index in [-0.39, 0.29) is 6.61 Å². The van der Waals surface area contributed by atoms with Gasteiger partial charge in [0.1, 0.15) is 12.4 Å². The molecule has 0 N–H and O–H groups in total. The van der Waals surface area contributed by atoms with Gasteiger partial charge in [-0.25, -0.2) is 4.79 Å². The first-order chi connectivity index (χ1) is 9.26. The number of benzene rings is 1. The summed E-state index contributed by atoms with van der Waals surface area (Å²) in [5, 5.41) is 8.80. The lowest BCUT2D eigenvalue weighted by Gasteiger charge is -2.08. The second-order valence-corrected chi connectivity index (χ2v) is 3.90. The predicted molar refractivity (Wildman–Crippen MR) is 70.2 cm³/mol. The minimum Gasteiger partial charge on any atom is -0.488 e. The van der Waals surface area contributed by atoms with Gasteiger partial charge in [0, 0.05) is 17.2 Å². The van der Waals surface area contributed by atoms with Gasteiger partial charge in [0.05, 0.1) is 18.2 Å². The molecule has 1 heterocycles. The molecule has 4 nitrogen and oxygen atoms in total. The zero-order valence-corrected chi connectivity index (χ0v) is 10.6. The van der Waals surface area contributed by atoms with Crippen LogP contribution >= 0.6 is 0 Å². The molecule has 96 valence electrons. The molecule has 1 aromatic rings. The fourth-order valence-corrected chi connectivity index (χ4v) is 1.81. The highest BCUT2D eigenvalue weighted by Gasteiger charge is 2.20. The van der Waals surface area contributed by atoms with E-state index in [1.165, 1.54) is 6.08 Å². The summed E-state index contributed by atoms with van der Waals surface area (Å²) in [6, 6.07) is 9.32. The fraction of sp³-hybridized carbons (Fsp3) is 0.200. The second kappa shape index (κ2) is 5.87. The van der Waals surface area contributed by atoms with E-state index in [4.69, 9.17) is 14.7 Å². The van der Waals surface area contributed by atoms with Gasteiger partial charge in [0.15, 0.2) is 0 Å². The van der Waals surface area contributed by atoms with Crippen molar-refractivity contribution in [3.05, 3.63) is 47.1 Å². The lowest BCUT2D eigenvalue weighted by molar-refractivity contribution is -0.138. The third kappa shape index (κ3) is 2.83. The molecule has 0 radical (unpaired) electrons. The van der Waals surface area contributed by atoms with Crippen LogP contribution in [0.3, 0.4) is 0 Å². The van der Waals surface area contributed by atoms with E-state index in [0.717, 1.165) is 5.56 Å². The molecular weight excluding hydrogens is 242 g/mol. The zero-order valence-electron chi connectivity index (χ0n) is 10.6. The van der Waals surface area contributed by atoms with Gasteiger partial charge >= 0.3 is 5.97 Å². The average Bonchev–Trinajstić information content (AvgIpc) is 2.60. The Kier molecular flexibility index (Phi) is 3.99. The molecule has 0 aliphatic carbocycles. The minimum atomic E-state index is -0.440. The number of carbonyl (C=O) groups is 1. The number of hydrogen-bond donors (Lipinski definition) is 0. The molecule has 0 bridgehead atoms. The number of carbonyl (C=O) groups excluding carboxylic acids is 1. The summed E-state index contributed by atoms with van der Waals surface area (Å²) in [6.45, 7) is 2.21. The number of hydrogen-bond acceptors (Lipinski definition) is 4. The molecular formula is C15H13NO3. The SMILES string of the molecule is CCOC(=O)C1=Cc2ccccc2OC/C1=C\C#N. The van der Waals surface area contributed by atoms with Crippen LogP contribution in [0.2, 0.25) is 0 Å². The van der Waals surface area contributed by atoms with Crippen LogP contribution in [0.15, 0.2) is 41.5 Å². The fourth-order valence-electron chi connectivity index (χ4n) is 1.81. The number of nitrogens with zero attached hydrogens (tertiary/aromatic N) is 1. The lowest BCUT2D eigenvalue weighted by atomic mass is 10.0. The molecule has 2 rings (SSSR count). The standard InChI is InChI=1S/C15H13NO3/c1-2-18-15(17)13-9-11-5-3-4-6-14(11)19-10-12(13)7-8-16/h3-7,9H,2,10H2,1H3/b12-7+. The Morgan fingerprint density at radius 2 is 2.32 bits per heavy atom. The number of allylic oxidation sites excluding steroid dienone is 1. The molecule has 0 fully saturated rings. The first kappa shape index (κ1) is 12.9. The van der Waals surface area contributed by atoms with E-state index in [0.29, 0.717) is 23.5 Å². The molecule has 19 heavy (non-hydrogen) atoms. The molecule has 1 aliphatic rings. The Bertz CT molecular complexity index is 594. The van der Waals surface area contributed by atoms with Crippen molar-refractivity contribution in [3.63, 3.8) is 0 Å². The smallest absolute Gasteiger partial charge is 0.338 e. The molecule has 0 amide bonds. The van der Waals surface area contributed by atoms with Gasteiger partial charge in [0.25, 0.3) is 0 Å². The summed E-state index contributed by atoms with van der Waals surface area (Å²) in [6.07, 6.45) is 3.01. The van der Waals surface area contributed by atoms with Crippen LogP contribution in [0.1, 0.15) is 12.5 Å². The zero-order chi connectivity index (χ0) is 13.7. The van der Waals surface area contributed by atoms with Crippen molar-refractivity contribution in [1.29, 1.82) is 5.26 Å². The maximum Gasteiger partial charge on any atom is 0.338 e. The monoisotopic (exact) mass is 255 g/mol. The van der Waals surface area contributed by atoms with Gasteiger partial charge in [-0.15, -0.1) is 0 Å². The molecule has 0 unspecified atom stereocenters. The van der Waals surface area contributed by atoms with Crippen molar-refractivity contribution < 1.29 is 14.3 Å². The van der Waals surface area contributed by atoms with E-state index in [9.17, 15) is 4.79 Å². The van der Waals surface area contributed by atoms with Gasteiger partial charge in [-0.1, -0.05) is 18.2 Å². The summed E-state index contributed by atoms with van der Waals surface area (Å²) < 4.78 is 10.6. The summed E-state index contributed by atoms with van der Waals surface area (Å²) in [5.41, 5.74) is 1.69. The van der Waals surface area contributed by atoms with Crippen LogP contribution in [0, 0.1) is 11.3 Å². The van der Waals surface area contributed by atoms with Crippen molar-refractivity contribution in [2.75, 3.05) is 13.2 Å². The Morgan fingerprint density at radius 3 is 3.05 bits per heavy atom. The molecule has 0 atom stereocenters. The molecule has 0 aromatic heterocycles. The van der Waals surface area contributed by atoms with Gasteiger partial charge in [-0.3, -0.25) is 0 Å². The van der Waals surface area contributed by atoms with Crippen LogP contribution in [-0.4, -0.2) is 19.2 Å². The van der Waals surface area contributed by atoms with Crippen molar-refractivity contribution >= 4 is 12.0 Å². The summed E-state index contributed by atoms with van der Waals surface area (Å²) in [4.78, 5) is 11.9. The summed E-state index contributed by atoms with van der Waals surface area (Å²) >= 11 is 0. The molecule has 4 heteroatoms. The molecule has 1 aliphatic heterocycles. The maximum absolute atomic E-state index is 11.9. The third-order valence-corrected chi connectivity index (χ3v) is 2.68. The van der Waals surface area contributed by atoms with E-state index in [1.807, 2.05) is 30.3 Å². The van der Waals surface area contributed by atoms with Gasteiger partial charge < -0.3 is 9.47 Å². The molecule has 0 spiro atoms. The highest BCUT2D eigenvalue weighted by atomic mass is 16.5.